The Hall–Kier alpha value is -2.00. The number of amides is 1. The van der Waals surface area contributed by atoms with E-state index in [0.717, 1.165) is 17.7 Å². The third kappa shape index (κ3) is 3.03. The zero-order valence-corrected chi connectivity index (χ0v) is 12.5. The lowest BCUT2D eigenvalue weighted by atomic mass is 10.1. The second-order valence-corrected chi connectivity index (χ2v) is 5.78. The van der Waals surface area contributed by atoms with Crippen molar-refractivity contribution in [2.75, 3.05) is 5.32 Å². The molecule has 0 aliphatic carbocycles. The lowest BCUT2D eigenvalue weighted by Gasteiger charge is -2.18. The fourth-order valence-corrected chi connectivity index (χ4v) is 2.73. The topological polar surface area (TPSA) is 41.1 Å². The molecule has 4 heteroatoms. The van der Waals surface area contributed by atoms with Crippen LogP contribution in [0.5, 0.6) is 0 Å². The summed E-state index contributed by atoms with van der Waals surface area (Å²) in [7, 11) is 0. The summed E-state index contributed by atoms with van der Waals surface area (Å²) in [6, 6.07) is 15.3. The average Bonchev–Trinajstić information content (AvgIpc) is 2.92. The highest BCUT2D eigenvalue weighted by atomic mass is 35.5. The van der Waals surface area contributed by atoms with Gasteiger partial charge in [0.1, 0.15) is 6.04 Å². The van der Waals surface area contributed by atoms with E-state index in [4.69, 9.17) is 11.6 Å². The van der Waals surface area contributed by atoms with Crippen molar-refractivity contribution < 1.29 is 4.79 Å². The molecule has 1 aliphatic rings. The maximum Gasteiger partial charge on any atom is 0.243 e. The molecule has 2 N–H and O–H groups in total. The van der Waals surface area contributed by atoms with Gasteiger partial charge in [-0.1, -0.05) is 41.9 Å². The molecular formula is C17H17ClN2O. The van der Waals surface area contributed by atoms with Gasteiger partial charge in [-0.3, -0.25) is 4.79 Å². The molecule has 1 aliphatic heterocycles. The highest BCUT2D eigenvalue weighted by Gasteiger charge is 2.27. The van der Waals surface area contributed by atoms with E-state index >= 15 is 0 Å². The second kappa shape index (κ2) is 5.78. The first-order chi connectivity index (χ1) is 10.1. The lowest BCUT2D eigenvalue weighted by molar-refractivity contribution is -0.122. The number of carbonyl (C=O) groups is 1. The molecule has 2 atom stereocenters. The van der Waals surface area contributed by atoms with Crippen molar-refractivity contribution in [3.05, 3.63) is 64.7 Å². The number of rotatable bonds is 3. The molecule has 3 nitrogen and oxygen atoms in total. The van der Waals surface area contributed by atoms with Gasteiger partial charge >= 0.3 is 0 Å². The van der Waals surface area contributed by atoms with E-state index < -0.39 is 0 Å². The van der Waals surface area contributed by atoms with E-state index in [2.05, 4.69) is 16.7 Å². The van der Waals surface area contributed by atoms with Gasteiger partial charge < -0.3 is 10.6 Å². The zero-order chi connectivity index (χ0) is 14.8. The van der Waals surface area contributed by atoms with Crippen LogP contribution in [0.2, 0.25) is 5.02 Å². The number of fused-ring (bicyclic) bond motifs is 1. The van der Waals surface area contributed by atoms with Crippen LogP contribution in [0, 0.1) is 0 Å². The Morgan fingerprint density at radius 1 is 1.24 bits per heavy atom. The Morgan fingerprint density at radius 2 is 1.95 bits per heavy atom. The molecule has 21 heavy (non-hydrogen) atoms. The number of anilines is 1. The number of hydrogen-bond acceptors (Lipinski definition) is 2. The van der Waals surface area contributed by atoms with E-state index in [0.29, 0.717) is 5.02 Å². The number of nitrogens with one attached hydrogen (secondary N) is 2. The first-order valence-corrected chi connectivity index (χ1v) is 7.41. The van der Waals surface area contributed by atoms with Gasteiger partial charge in [0.15, 0.2) is 0 Å². The van der Waals surface area contributed by atoms with E-state index in [9.17, 15) is 4.79 Å². The number of para-hydroxylation sites is 1. The van der Waals surface area contributed by atoms with Gasteiger partial charge in [-0.05, 0) is 36.2 Å². The minimum atomic E-state index is -0.197. The standard InChI is InChI=1S/C17H17ClN2O/c1-11(12-6-8-14(18)9-7-12)19-17(21)16-10-13-4-2-3-5-15(13)20-16/h2-9,11,16,20H,10H2,1H3,(H,19,21)/t11-,16?/m0/s1. The van der Waals surface area contributed by atoms with Crippen LogP contribution < -0.4 is 10.6 Å². The zero-order valence-electron chi connectivity index (χ0n) is 11.8. The number of benzene rings is 2. The van der Waals surface area contributed by atoms with Crippen LogP contribution in [0.4, 0.5) is 5.69 Å². The van der Waals surface area contributed by atoms with E-state index in [1.807, 2.05) is 49.4 Å². The van der Waals surface area contributed by atoms with Crippen LogP contribution >= 0.6 is 11.6 Å². The Labute approximate surface area is 129 Å². The van der Waals surface area contributed by atoms with E-state index in [1.54, 1.807) is 0 Å². The summed E-state index contributed by atoms with van der Waals surface area (Å²) < 4.78 is 0. The summed E-state index contributed by atoms with van der Waals surface area (Å²) >= 11 is 5.88. The second-order valence-electron chi connectivity index (χ2n) is 5.34. The van der Waals surface area contributed by atoms with Gasteiger partial charge in [0.2, 0.25) is 5.91 Å². The predicted molar refractivity (Wildman–Crippen MR) is 85.6 cm³/mol. The SMILES string of the molecule is C[C@H](NC(=O)C1Cc2ccccc2N1)c1ccc(Cl)cc1. The molecule has 1 unspecified atom stereocenters. The smallest absolute Gasteiger partial charge is 0.243 e. The van der Waals surface area contributed by atoms with Crippen LogP contribution in [0.1, 0.15) is 24.1 Å². The van der Waals surface area contributed by atoms with Gasteiger partial charge in [0.05, 0.1) is 6.04 Å². The first-order valence-electron chi connectivity index (χ1n) is 7.04. The Morgan fingerprint density at radius 3 is 2.67 bits per heavy atom. The molecule has 0 fully saturated rings. The fourth-order valence-electron chi connectivity index (χ4n) is 2.60. The van der Waals surface area contributed by atoms with Crippen molar-refractivity contribution in [1.82, 2.24) is 5.32 Å². The molecule has 0 spiro atoms. The van der Waals surface area contributed by atoms with Crippen molar-refractivity contribution in [2.24, 2.45) is 0 Å². The molecule has 1 heterocycles. The summed E-state index contributed by atoms with van der Waals surface area (Å²) in [5.74, 6) is 0.0219. The van der Waals surface area contributed by atoms with Crippen LogP contribution in [-0.4, -0.2) is 11.9 Å². The molecule has 2 aromatic rings. The van der Waals surface area contributed by atoms with Crippen molar-refractivity contribution in [3.63, 3.8) is 0 Å². The summed E-state index contributed by atoms with van der Waals surface area (Å²) in [5, 5.41) is 7.01. The summed E-state index contributed by atoms with van der Waals surface area (Å²) in [5.41, 5.74) is 3.29. The number of halogens is 1. The van der Waals surface area contributed by atoms with Crippen LogP contribution in [0.15, 0.2) is 48.5 Å². The highest BCUT2D eigenvalue weighted by molar-refractivity contribution is 6.30. The molecule has 3 rings (SSSR count). The molecule has 0 radical (unpaired) electrons. The largest absolute Gasteiger partial charge is 0.373 e. The van der Waals surface area contributed by atoms with Gasteiger partial charge in [-0.2, -0.15) is 0 Å². The fraction of sp³-hybridized carbons (Fsp3) is 0.235. The molecule has 0 bridgehead atoms. The highest BCUT2D eigenvalue weighted by Crippen LogP contribution is 2.25. The van der Waals surface area contributed by atoms with Crippen LogP contribution in [0.25, 0.3) is 0 Å². The van der Waals surface area contributed by atoms with Crippen molar-refractivity contribution in [1.29, 1.82) is 0 Å². The Kier molecular flexibility index (Phi) is 3.84. The van der Waals surface area contributed by atoms with E-state index in [-0.39, 0.29) is 18.0 Å². The monoisotopic (exact) mass is 300 g/mol. The summed E-state index contributed by atoms with van der Waals surface area (Å²) in [6.07, 6.45) is 0.731. The molecular weight excluding hydrogens is 284 g/mol. The van der Waals surface area contributed by atoms with Gasteiger partial charge in [0.25, 0.3) is 0 Å². The number of hydrogen-bond donors (Lipinski definition) is 2. The molecule has 2 aromatic carbocycles. The summed E-state index contributed by atoms with van der Waals surface area (Å²) in [4.78, 5) is 12.4. The lowest BCUT2D eigenvalue weighted by Crippen LogP contribution is -2.39. The van der Waals surface area contributed by atoms with Crippen molar-refractivity contribution in [3.8, 4) is 0 Å². The third-order valence-electron chi connectivity index (χ3n) is 3.82. The molecule has 108 valence electrons. The normalized spacial score (nSPS) is 17.7. The minimum absolute atomic E-state index is 0.0219. The van der Waals surface area contributed by atoms with Crippen LogP contribution in [-0.2, 0) is 11.2 Å². The summed E-state index contributed by atoms with van der Waals surface area (Å²) in [6.45, 7) is 1.98. The van der Waals surface area contributed by atoms with Crippen LogP contribution in [0.3, 0.4) is 0 Å². The molecule has 0 aromatic heterocycles. The molecule has 0 saturated heterocycles. The van der Waals surface area contributed by atoms with Crippen molar-refractivity contribution in [2.45, 2.75) is 25.4 Å². The number of carbonyl (C=O) groups excluding carboxylic acids is 1. The molecule has 1 amide bonds. The quantitative estimate of drug-likeness (QED) is 0.910. The Balaban J connectivity index is 1.64. The first kappa shape index (κ1) is 14.0. The van der Waals surface area contributed by atoms with Gasteiger partial charge in [0, 0.05) is 17.1 Å². The maximum absolute atomic E-state index is 12.4. The third-order valence-corrected chi connectivity index (χ3v) is 4.07. The van der Waals surface area contributed by atoms with E-state index in [1.165, 1.54) is 5.56 Å². The molecule has 0 saturated carbocycles. The Bertz CT molecular complexity index is 629. The van der Waals surface area contributed by atoms with Crippen molar-refractivity contribution >= 4 is 23.2 Å². The van der Waals surface area contributed by atoms with Gasteiger partial charge in [-0.15, -0.1) is 0 Å². The maximum atomic E-state index is 12.4. The van der Waals surface area contributed by atoms with Gasteiger partial charge in [-0.25, -0.2) is 0 Å². The average molecular weight is 301 g/mol. The minimum Gasteiger partial charge on any atom is -0.373 e. The predicted octanol–water partition coefficient (Wildman–Crippen LogP) is 3.55.